The highest BCUT2D eigenvalue weighted by Crippen LogP contribution is 2.31. The Morgan fingerprint density at radius 1 is 1.12 bits per heavy atom. The Morgan fingerprint density at radius 2 is 1.88 bits per heavy atom. The van der Waals surface area contributed by atoms with Crippen molar-refractivity contribution in [1.82, 2.24) is 15.0 Å². The van der Waals surface area contributed by atoms with E-state index < -0.39 is 11.6 Å². The monoisotopic (exact) mass is 347 g/mol. The average molecular weight is 347 g/mol. The van der Waals surface area contributed by atoms with Crippen molar-refractivity contribution in [2.45, 2.75) is 19.4 Å². The second-order valence-electron chi connectivity index (χ2n) is 6.68. The minimum Gasteiger partial charge on any atom is -0.359 e. The molecule has 0 N–H and O–H groups in total. The summed E-state index contributed by atoms with van der Waals surface area (Å²) < 4.78 is 31.7. The van der Waals surface area contributed by atoms with E-state index in [4.69, 9.17) is 4.52 Å². The summed E-state index contributed by atoms with van der Waals surface area (Å²) in [5.74, 6) is -0.564. The molecule has 0 radical (unpaired) electrons. The molecule has 25 heavy (non-hydrogen) atoms. The zero-order valence-electron chi connectivity index (χ0n) is 13.8. The number of benzene rings is 1. The van der Waals surface area contributed by atoms with Crippen LogP contribution in [0.15, 0.2) is 28.8 Å². The molecule has 4 rings (SSSR count). The number of rotatable bonds is 4. The van der Waals surface area contributed by atoms with Crippen molar-refractivity contribution in [3.8, 4) is 11.3 Å². The molecule has 0 spiro atoms. The van der Waals surface area contributed by atoms with Gasteiger partial charge in [-0.25, -0.2) is 8.78 Å². The second-order valence-corrected chi connectivity index (χ2v) is 6.68. The number of amides is 1. The van der Waals surface area contributed by atoms with Gasteiger partial charge >= 0.3 is 0 Å². The maximum Gasteiger partial charge on any atom is 0.225 e. The van der Waals surface area contributed by atoms with Gasteiger partial charge in [-0.1, -0.05) is 5.16 Å². The van der Waals surface area contributed by atoms with Gasteiger partial charge in [-0.2, -0.15) is 0 Å². The summed E-state index contributed by atoms with van der Waals surface area (Å²) in [6.45, 7) is 3.64. The van der Waals surface area contributed by atoms with E-state index in [0.717, 1.165) is 51.2 Å². The molecule has 1 aliphatic carbocycles. The Morgan fingerprint density at radius 3 is 2.56 bits per heavy atom. The summed E-state index contributed by atoms with van der Waals surface area (Å²) in [4.78, 5) is 16.2. The Kier molecular flexibility index (Phi) is 4.25. The molecule has 2 aliphatic rings. The number of aromatic nitrogens is 1. The summed E-state index contributed by atoms with van der Waals surface area (Å²) in [6.07, 6.45) is 2.06. The first-order valence-electron chi connectivity index (χ1n) is 8.52. The first kappa shape index (κ1) is 16.2. The van der Waals surface area contributed by atoms with Gasteiger partial charge in [-0.3, -0.25) is 9.69 Å². The molecule has 132 valence electrons. The molecule has 2 heterocycles. The average Bonchev–Trinajstić information content (AvgIpc) is 3.37. The van der Waals surface area contributed by atoms with Crippen LogP contribution in [-0.2, 0) is 11.3 Å². The fourth-order valence-electron chi connectivity index (χ4n) is 3.11. The van der Waals surface area contributed by atoms with E-state index in [9.17, 15) is 13.6 Å². The number of nitrogens with zero attached hydrogens (tertiary/aromatic N) is 3. The van der Waals surface area contributed by atoms with Crippen molar-refractivity contribution >= 4 is 5.91 Å². The quantitative estimate of drug-likeness (QED) is 0.853. The lowest BCUT2D eigenvalue weighted by molar-refractivity contribution is -0.134. The van der Waals surface area contributed by atoms with Gasteiger partial charge in [-0.15, -0.1) is 0 Å². The molecule has 1 saturated carbocycles. The molecular weight excluding hydrogens is 328 g/mol. The van der Waals surface area contributed by atoms with Crippen molar-refractivity contribution in [1.29, 1.82) is 0 Å². The normalized spacial score (nSPS) is 18.6. The molecule has 2 fully saturated rings. The van der Waals surface area contributed by atoms with E-state index >= 15 is 0 Å². The molecule has 1 aromatic carbocycles. The van der Waals surface area contributed by atoms with Crippen LogP contribution < -0.4 is 0 Å². The number of hydrogen-bond donors (Lipinski definition) is 0. The maximum absolute atomic E-state index is 13.3. The van der Waals surface area contributed by atoms with Crippen LogP contribution in [0.1, 0.15) is 18.6 Å². The maximum atomic E-state index is 13.3. The summed E-state index contributed by atoms with van der Waals surface area (Å²) in [7, 11) is 0. The van der Waals surface area contributed by atoms with Gasteiger partial charge in [0, 0.05) is 43.7 Å². The van der Waals surface area contributed by atoms with E-state index in [1.165, 1.54) is 6.07 Å². The lowest BCUT2D eigenvalue weighted by Gasteiger charge is -2.34. The largest absolute Gasteiger partial charge is 0.359 e. The van der Waals surface area contributed by atoms with E-state index in [2.05, 4.69) is 10.1 Å². The lowest BCUT2D eigenvalue weighted by atomic mass is 10.1. The number of halogens is 2. The second kappa shape index (κ2) is 6.55. The first-order valence-corrected chi connectivity index (χ1v) is 8.52. The first-order chi connectivity index (χ1) is 12.1. The molecule has 0 atom stereocenters. The van der Waals surface area contributed by atoms with Crippen LogP contribution in [0, 0.1) is 17.6 Å². The van der Waals surface area contributed by atoms with Crippen molar-refractivity contribution in [3.63, 3.8) is 0 Å². The summed E-state index contributed by atoms with van der Waals surface area (Å²) in [5, 5.41) is 3.94. The fraction of sp³-hybridized carbons (Fsp3) is 0.444. The van der Waals surface area contributed by atoms with Gasteiger partial charge < -0.3 is 9.42 Å². The van der Waals surface area contributed by atoms with Gasteiger partial charge in [-0.05, 0) is 31.0 Å². The zero-order valence-corrected chi connectivity index (χ0v) is 13.8. The van der Waals surface area contributed by atoms with Gasteiger partial charge in [0.1, 0.15) is 5.69 Å². The fourth-order valence-corrected chi connectivity index (χ4v) is 3.11. The predicted octanol–water partition coefficient (Wildman–Crippen LogP) is 2.67. The number of carbonyl (C=O) groups excluding carboxylic acids is 1. The molecular formula is C18H19F2N3O2. The van der Waals surface area contributed by atoms with E-state index in [0.29, 0.717) is 29.5 Å². The number of piperazine rings is 1. The minimum absolute atomic E-state index is 0.263. The van der Waals surface area contributed by atoms with Crippen molar-refractivity contribution in [2.24, 2.45) is 5.92 Å². The van der Waals surface area contributed by atoms with E-state index in [1.807, 2.05) is 4.90 Å². The molecule has 2 aromatic rings. The van der Waals surface area contributed by atoms with Crippen molar-refractivity contribution < 1.29 is 18.1 Å². The smallest absolute Gasteiger partial charge is 0.225 e. The van der Waals surface area contributed by atoms with Crippen LogP contribution in [0.25, 0.3) is 11.3 Å². The summed E-state index contributed by atoms with van der Waals surface area (Å²) in [6, 6.07) is 5.41. The van der Waals surface area contributed by atoms with E-state index in [-0.39, 0.29) is 5.92 Å². The van der Waals surface area contributed by atoms with Crippen LogP contribution >= 0.6 is 0 Å². The molecule has 1 amide bonds. The van der Waals surface area contributed by atoms with Crippen molar-refractivity contribution in [2.75, 3.05) is 26.2 Å². The molecule has 1 aromatic heterocycles. The van der Waals surface area contributed by atoms with Crippen LogP contribution in [0.5, 0.6) is 0 Å². The predicted molar refractivity (Wildman–Crippen MR) is 86.4 cm³/mol. The standard InChI is InChI=1S/C18H19F2N3O2/c19-15-4-3-13(9-16(15)20)17-10-14(25-21-17)11-22-5-7-23(8-6-22)18(24)12-1-2-12/h3-4,9-10,12H,1-2,5-8,11H2. The van der Waals surface area contributed by atoms with Gasteiger partial charge in [0.15, 0.2) is 17.4 Å². The van der Waals surface area contributed by atoms with Crippen LogP contribution in [-0.4, -0.2) is 47.0 Å². The SMILES string of the molecule is O=C(C1CC1)N1CCN(Cc2cc(-c3ccc(F)c(F)c3)no2)CC1. The van der Waals surface area contributed by atoms with Gasteiger partial charge in [0.2, 0.25) is 5.91 Å². The Labute approximate surface area is 144 Å². The third kappa shape index (κ3) is 3.56. The minimum atomic E-state index is -0.904. The number of carbonyl (C=O) groups is 1. The molecule has 1 aliphatic heterocycles. The topological polar surface area (TPSA) is 49.6 Å². The van der Waals surface area contributed by atoms with Crippen LogP contribution in [0.2, 0.25) is 0 Å². The Bertz CT molecular complexity index is 780. The molecule has 1 saturated heterocycles. The highest BCUT2D eigenvalue weighted by molar-refractivity contribution is 5.81. The van der Waals surface area contributed by atoms with E-state index in [1.54, 1.807) is 6.07 Å². The summed E-state index contributed by atoms with van der Waals surface area (Å²) in [5.41, 5.74) is 0.963. The molecule has 7 heteroatoms. The van der Waals surface area contributed by atoms with Gasteiger partial charge in [0.25, 0.3) is 0 Å². The highest BCUT2D eigenvalue weighted by atomic mass is 19.2. The molecule has 5 nitrogen and oxygen atoms in total. The lowest BCUT2D eigenvalue weighted by Crippen LogP contribution is -2.48. The third-order valence-corrected chi connectivity index (χ3v) is 4.76. The zero-order chi connectivity index (χ0) is 17.4. The Hall–Kier alpha value is -2.28. The molecule has 0 bridgehead atoms. The van der Waals surface area contributed by atoms with Crippen LogP contribution in [0.3, 0.4) is 0 Å². The molecule has 0 unspecified atom stereocenters. The van der Waals surface area contributed by atoms with Crippen LogP contribution in [0.4, 0.5) is 8.78 Å². The number of hydrogen-bond acceptors (Lipinski definition) is 4. The van der Waals surface area contributed by atoms with Crippen molar-refractivity contribution in [3.05, 3.63) is 41.7 Å². The summed E-state index contributed by atoms with van der Waals surface area (Å²) >= 11 is 0. The Balaban J connectivity index is 1.35. The van der Waals surface area contributed by atoms with Gasteiger partial charge in [0.05, 0.1) is 6.54 Å². The third-order valence-electron chi connectivity index (χ3n) is 4.76. The highest BCUT2D eigenvalue weighted by Gasteiger charge is 2.34.